The molecule has 1 aromatic rings. The van der Waals surface area contributed by atoms with Crippen molar-refractivity contribution in [3.05, 3.63) is 17.5 Å². The number of likely N-dealkylation sites (N-methyl/N-ethyl adjacent to an activating group) is 1. The van der Waals surface area contributed by atoms with Crippen LogP contribution in [-0.4, -0.2) is 42.5 Å². The van der Waals surface area contributed by atoms with Gasteiger partial charge in [0.2, 0.25) is 0 Å². The average molecular weight is 268 g/mol. The number of anilines is 2. The Kier molecular flexibility index (Phi) is 5.15. The largest absolute Gasteiger partial charge is 0.382 e. The summed E-state index contributed by atoms with van der Waals surface area (Å²) < 4.78 is 0. The number of thiazole rings is 1. The van der Waals surface area contributed by atoms with Crippen LogP contribution >= 0.6 is 11.3 Å². The van der Waals surface area contributed by atoms with Crippen molar-refractivity contribution < 1.29 is 4.79 Å². The highest BCUT2D eigenvalue weighted by Gasteiger charge is 2.21. The molecule has 0 radical (unpaired) electrons. The molecule has 5 nitrogen and oxygen atoms in total. The van der Waals surface area contributed by atoms with Crippen LogP contribution in [0.15, 0.2) is 12.7 Å². The molecule has 2 N–H and O–H groups in total. The number of carbonyl (C=O) groups is 1. The maximum Gasteiger partial charge on any atom is 0.268 e. The Hall–Kier alpha value is -1.56. The van der Waals surface area contributed by atoms with Gasteiger partial charge >= 0.3 is 0 Å². The van der Waals surface area contributed by atoms with E-state index < -0.39 is 0 Å². The predicted molar refractivity (Wildman–Crippen MR) is 77.2 cm³/mol. The summed E-state index contributed by atoms with van der Waals surface area (Å²) >= 11 is 1.33. The van der Waals surface area contributed by atoms with Gasteiger partial charge in [0.25, 0.3) is 5.91 Å². The first-order chi connectivity index (χ1) is 8.54. The third-order valence-corrected chi connectivity index (χ3v) is 3.83. The number of aromatic nitrogens is 1. The third kappa shape index (κ3) is 3.01. The van der Waals surface area contributed by atoms with Crippen LogP contribution < -0.4 is 10.6 Å². The minimum absolute atomic E-state index is 0.0804. The molecule has 0 saturated carbocycles. The molecule has 0 aliphatic rings. The van der Waals surface area contributed by atoms with E-state index in [9.17, 15) is 4.79 Å². The SMILES string of the molecule is C=CCN(CC)C(=O)c1sc(N(C)CC)nc1N. The zero-order valence-electron chi connectivity index (χ0n) is 11.1. The lowest BCUT2D eigenvalue weighted by molar-refractivity contribution is 0.0787. The second kappa shape index (κ2) is 6.39. The number of hydrogen-bond donors (Lipinski definition) is 1. The van der Waals surface area contributed by atoms with E-state index in [2.05, 4.69) is 11.6 Å². The fourth-order valence-corrected chi connectivity index (χ4v) is 2.41. The number of nitrogens with two attached hydrogens (primary N) is 1. The molecular formula is C12H20N4OS. The zero-order chi connectivity index (χ0) is 13.7. The van der Waals surface area contributed by atoms with Crippen LogP contribution in [0.4, 0.5) is 10.9 Å². The highest BCUT2D eigenvalue weighted by molar-refractivity contribution is 7.18. The second-order valence-electron chi connectivity index (χ2n) is 3.86. The molecule has 1 amide bonds. The highest BCUT2D eigenvalue weighted by atomic mass is 32.1. The van der Waals surface area contributed by atoms with Gasteiger partial charge < -0.3 is 15.5 Å². The van der Waals surface area contributed by atoms with Crippen molar-refractivity contribution in [2.45, 2.75) is 13.8 Å². The summed E-state index contributed by atoms with van der Waals surface area (Å²) in [5.74, 6) is 0.228. The number of nitrogens with zero attached hydrogens (tertiary/aromatic N) is 3. The van der Waals surface area contributed by atoms with Crippen LogP contribution in [0.1, 0.15) is 23.5 Å². The number of hydrogen-bond acceptors (Lipinski definition) is 5. The van der Waals surface area contributed by atoms with Gasteiger partial charge in [0, 0.05) is 26.7 Å². The lowest BCUT2D eigenvalue weighted by Crippen LogP contribution is -2.30. The molecule has 0 aromatic carbocycles. The Labute approximate surface area is 112 Å². The molecule has 100 valence electrons. The van der Waals surface area contributed by atoms with Crippen LogP contribution in [0, 0.1) is 0 Å². The Morgan fingerprint density at radius 1 is 1.50 bits per heavy atom. The molecule has 0 atom stereocenters. The molecular weight excluding hydrogens is 248 g/mol. The van der Waals surface area contributed by atoms with Gasteiger partial charge in [0.05, 0.1) is 0 Å². The highest BCUT2D eigenvalue weighted by Crippen LogP contribution is 2.28. The Morgan fingerprint density at radius 3 is 2.67 bits per heavy atom. The van der Waals surface area contributed by atoms with Crippen LogP contribution in [0.2, 0.25) is 0 Å². The smallest absolute Gasteiger partial charge is 0.268 e. The average Bonchev–Trinajstić information content (AvgIpc) is 2.76. The molecule has 6 heteroatoms. The van der Waals surface area contributed by atoms with Gasteiger partial charge in [-0.1, -0.05) is 17.4 Å². The van der Waals surface area contributed by atoms with Gasteiger partial charge in [-0.25, -0.2) is 4.98 Å². The first-order valence-electron chi connectivity index (χ1n) is 5.92. The van der Waals surface area contributed by atoms with E-state index in [-0.39, 0.29) is 5.91 Å². The molecule has 0 aliphatic heterocycles. The Balaban J connectivity index is 2.98. The van der Waals surface area contributed by atoms with Crippen molar-refractivity contribution in [2.24, 2.45) is 0 Å². The van der Waals surface area contributed by atoms with Crippen molar-refractivity contribution in [3.63, 3.8) is 0 Å². The van der Waals surface area contributed by atoms with Gasteiger partial charge in [0.1, 0.15) is 10.7 Å². The maximum atomic E-state index is 12.3. The molecule has 0 saturated heterocycles. The monoisotopic (exact) mass is 268 g/mol. The van der Waals surface area contributed by atoms with E-state index >= 15 is 0 Å². The van der Waals surface area contributed by atoms with Gasteiger partial charge in [-0.05, 0) is 13.8 Å². The molecule has 0 spiro atoms. The minimum Gasteiger partial charge on any atom is -0.382 e. The van der Waals surface area contributed by atoms with Gasteiger partial charge in [-0.15, -0.1) is 6.58 Å². The first-order valence-corrected chi connectivity index (χ1v) is 6.74. The molecule has 1 heterocycles. The Bertz CT molecular complexity index is 430. The van der Waals surface area contributed by atoms with Crippen LogP contribution in [-0.2, 0) is 0 Å². The van der Waals surface area contributed by atoms with Gasteiger partial charge in [-0.2, -0.15) is 0 Å². The maximum absolute atomic E-state index is 12.3. The third-order valence-electron chi connectivity index (χ3n) is 2.66. The van der Waals surface area contributed by atoms with Gasteiger partial charge in [-0.3, -0.25) is 4.79 Å². The van der Waals surface area contributed by atoms with Crippen molar-refractivity contribution in [2.75, 3.05) is 37.3 Å². The summed E-state index contributed by atoms with van der Waals surface area (Å²) in [5.41, 5.74) is 5.82. The van der Waals surface area contributed by atoms with E-state index in [0.717, 1.165) is 11.7 Å². The molecule has 0 bridgehead atoms. The van der Waals surface area contributed by atoms with E-state index in [1.807, 2.05) is 25.8 Å². The molecule has 0 aliphatic carbocycles. The second-order valence-corrected chi connectivity index (χ2v) is 4.83. The minimum atomic E-state index is -0.0804. The summed E-state index contributed by atoms with van der Waals surface area (Å²) in [7, 11) is 1.92. The molecule has 0 fully saturated rings. The van der Waals surface area contributed by atoms with Crippen molar-refractivity contribution in [3.8, 4) is 0 Å². The van der Waals surface area contributed by atoms with Crippen molar-refractivity contribution in [1.82, 2.24) is 9.88 Å². The summed E-state index contributed by atoms with van der Waals surface area (Å²) in [6.07, 6.45) is 1.71. The van der Waals surface area contributed by atoms with E-state index in [4.69, 9.17) is 5.73 Å². The summed E-state index contributed by atoms with van der Waals surface area (Å²) in [6.45, 7) is 9.57. The topological polar surface area (TPSA) is 62.5 Å². The summed E-state index contributed by atoms with van der Waals surface area (Å²) in [6, 6.07) is 0. The van der Waals surface area contributed by atoms with Crippen molar-refractivity contribution in [1.29, 1.82) is 0 Å². The number of amides is 1. The van der Waals surface area contributed by atoms with Crippen molar-refractivity contribution >= 4 is 28.2 Å². The van der Waals surface area contributed by atoms with E-state index in [0.29, 0.717) is 23.8 Å². The van der Waals surface area contributed by atoms with Crippen LogP contribution in [0.25, 0.3) is 0 Å². The fraction of sp³-hybridized carbons (Fsp3) is 0.500. The fourth-order valence-electron chi connectivity index (χ4n) is 1.43. The van der Waals surface area contributed by atoms with Crippen LogP contribution in [0.5, 0.6) is 0 Å². The lowest BCUT2D eigenvalue weighted by atomic mass is 10.4. The predicted octanol–water partition coefficient (Wildman–Crippen LogP) is 1.83. The first kappa shape index (κ1) is 14.5. The summed E-state index contributed by atoms with van der Waals surface area (Å²) in [4.78, 5) is 20.6. The molecule has 18 heavy (non-hydrogen) atoms. The number of rotatable bonds is 6. The van der Waals surface area contributed by atoms with E-state index in [1.54, 1.807) is 11.0 Å². The van der Waals surface area contributed by atoms with Gasteiger partial charge in [0.15, 0.2) is 5.13 Å². The number of carbonyl (C=O) groups excluding carboxylic acids is 1. The molecule has 0 unspecified atom stereocenters. The lowest BCUT2D eigenvalue weighted by Gasteiger charge is -2.17. The molecule has 1 aromatic heterocycles. The molecule has 1 rings (SSSR count). The van der Waals surface area contributed by atoms with E-state index in [1.165, 1.54) is 11.3 Å². The van der Waals surface area contributed by atoms with Crippen LogP contribution in [0.3, 0.4) is 0 Å². The summed E-state index contributed by atoms with van der Waals surface area (Å²) in [5, 5.41) is 0.771. The standard InChI is InChI=1S/C12H20N4OS/c1-5-8-16(7-3)11(17)9-10(13)14-12(18-9)15(4)6-2/h5H,1,6-8,13H2,2-4H3. The quantitative estimate of drug-likeness (QED) is 0.800. The Morgan fingerprint density at radius 2 is 2.17 bits per heavy atom. The number of nitrogen functional groups attached to an aromatic ring is 1. The normalized spacial score (nSPS) is 10.2. The zero-order valence-corrected chi connectivity index (χ0v) is 12.0.